The van der Waals surface area contributed by atoms with Crippen LogP contribution in [-0.2, 0) is 24.8 Å². The van der Waals surface area contributed by atoms with E-state index in [1.807, 2.05) is 0 Å². The van der Waals surface area contributed by atoms with Gasteiger partial charge in [-0.2, -0.15) is 0 Å². The number of carbonyl (C=O) groups excluding carboxylic acids is 1. The monoisotopic (exact) mass is 417 g/mol. The molecule has 3 N–H and O–H groups in total. The molecule has 0 aliphatic heterocycles. The predicted molar refractivity (Wildman–Crippen MR) is 106 cm³/mol. The van der Waals surface area contributed by atoms with Gasteiger partial charge in [0.15, 0.2) is 0 Å². The van der Waals surface area contributed by atoms with Crippen LogP contribution in [0.2, 0.25) is 0 Å². The largest absolute Gasteiger partial charge is 0.326 e. The lowest BCUT2D eigenvalue weighted by Gasteiger charge is -2.28. The number of sulfonamides is 2. The lowest BCUT2D eigenvalue weighted by Crippen LogP contribution is -2.42. The van der Waals surface area contributed by atoms with E-state index < -0.39 is 25.3 Å². The highest BCUT2D eigenvalue weighted by Gasteiger charge is 2.29. The minimum Gasteiger partial charge on any atom is -0.326 e. The van der Waals surface area contributed by atoms with E-state index >= 15 is 0 Å². The van der Waals surface area contributed by atoms with Gasteiger partial charge in [-0.25, -0.2) is 21.6 Å². The fourth-order valence-corrected chi connectivity index (χ4v) is 4.46. The summed E-state index contributed by atoms with van der Waals surface area (Å²) in [4.78, 5) is 12.4. The third-order valence-corrected chi connectivity index (χ3v) is 7.01. The third kappa shape index (κ3) is 6.78. The van der Waals surface area contributed by atoms with Crippen LogP contribution < -0.4 is 14.8 Å². The van der Waals surface area contributed by atoms with Gasteiger partial charge in [-0.05, 0) is 63.8 Å². The molecule has 1 aromatic rings. The van der Waals surface area contributed by atoms with Crippen molar-refractivity contribution in [3.8, 4) is 0 Å². The molecule has 0 heterocycles. The second-order valence-corrected chi connectivity index (χ2v) is 11.2. The Morgan fingerprint density at radius 3 is 1.96 bits per heavy atom. The molecule has 10 heteroatoms. The van der Waals surface area contributed by atoms with Crippen molar-refractivity contribution < 1.29 is 21.6 Å². The fourth-order valence-electron chi connectivity index (χ4n) is 2.92. The van der Waals surface area contributed by atoms with Crippen molar-refractivity contribution >= 4 is 37.3 Å². The van der Waals surface area contributed by atoms with E-state index in [4.69, 9.17) is 0 Å². The number of anilines is 2. The highest BCUT2D eigenvalue weighted by molar-refractivity contribution is 7.92. The molecule has 1 aliphatic carbocycles. The SMILES string of the molecule is CC(C)S(=O)(=O)NC1CCC(C(=O)Nc2ccc(NS(C)(=O)=O)cc2)CC1. The molecule has 2 rings (SSSR count). The zero-order valence-electron chi connectivity index (χ0n) is 15.7. The van der Waals surface area contributed by atoms with Crippen molar-refractivity contribution in [2.45, 2.75) is 50.8 Å². The van der Waals surface area contributed by atoms with Crippen LogP contribution >= 0.6 is 0 Å². The molecule has 1 aromatic carbocycles. The number of amides is 1. The standard InChI is InChI=1S/C17H27N3O5S2/c1-12(2)27(24,25)20-16-6-4-13(5-7-16)17(21)18-14-8-10-15(11-9-14)19-26(3,22)23/h8-13,16,19-20H,4-7H2,1-3H3,(H,18,21). The molecule has 152 valence electrons. The van der Waals surface area contributed by atoms with Crippen LogP contribution in [0.4, 0.5) is 11.4 Å². The number of rotatable bonds is 7. The molecule has 1 amide bonds. The van der Waals surface area contributed by atoms with Crippen LogP contribution in [0, 0.1) is 5.92 Å². The Bertz CT molecular complexity index is 856. The molecule has 0 radical (unpaired) electrons. The molecular formula is C17H27N3O5S2. The van der Waals surface area contributed by atoms with E-state index in [9.17, 15) is 21.6 Å². The van der Waals surface area contributed by atoms with Gasteiger partial charge in [-0.1, -0.05) is 0 Å². The first kappa shape index (κ1) is 21.6. The Hall–Kier alpha value is -1.65. The second kappa shape index (κ2) is 8.57. The Balaban J connectivity index is 1.86. The number of nitrogens with one attached hydrogen (secondary N) is 3. The maximum atomic E-state index is 12.4. The topological polar surface area (TPSA) is 121 Å². The van der Waals surface area contributed by atoms with Crippen LogP contribution in [0.3, 0.4) is 0 Å². The van der Waals surface area contributed by atoms with Crippen molar-refractivity contribution in [3.05, 3.63) is 24.3 Å². The summed E-state index contributed by atoms with van der Waals surface area (Å²) in [5.41, 5.74) is 1.01. The first-order chi connectivity index (χ1) is 12.5. The highest BCUT2D eigenvalue weighted by Crippen LogP contribution is 2.26. The molecule has 0 bridgehead atoms. The maximum absolute atomic E-state index is 12.4. The quantitative estimate of drug-likeness (QED) is 0.625. The van der Waals surface area contributed by atoms with Gasteiger partial charge >= 0.3 is 0 Å². The van der Waals surface area contributed by atoms with Crippen molar-refractivity contribution in [1.29, 1.82) is 0 Å². The first-order valence-corrected chi connectivity index (χ1v) is 12.3. The van der Waals surface area contributed by atoms with Crippen LogP contribution in [-0.4, -0.2) is 40.3 Å². The molecule has 0 unspecified atom stereocenters. The Morgan fingerprint density at radius 2 is 1.48 bits per heavy atom. The molecule has 27 heavy (non-hydrogen) atoms. The van der Waals surface area contributed by atoms with Gasteiger partial charge in [0.2, 0.25) is 26.0 Å². The van der Waals surface area contributed by atoms with Gasteiger partial charge in [-0.3, -0.25) is 9.52 Å². The minimum absolute atomic E-state index is 0.107. The van der Waals surface area contributed by atoms with Crippen LogP contribution in [0.1, 0.15) is 39.5 Å². The summed E-state index contributed by atoms with van der Waals surface area (Å²) < 4.78 is 51.3. The van der Waals surface area contributed by atoms with E-state index in [2.05, 4.69) is 14.8 Å². The number of hydrogen-bond acceptors (Lipinski definition) is 5. The van der Waals surface area contributed by atoms with Crippen molar-refractivity contribution in [2.24, 2.45) is 5.92 Å². The molecule has 0 saturated heterocycles. The van der Waals surface area contributed by atoms with Gasteiger partial charge in [0.05, 0.1) is 11.5 Å². The average Bonchev–Trinajstić information content (AvgIpc) is 2.55. The number of carbonyl (C=O) groups is 1. The maximum Gasteiger partial charge on any atom is 0.229 e. The molecular weight excluding hydrogens is 390 g/mol. The van der Waals surface area contributed by atoms with Crippen LogP contribution in [0.25, 0.3) is 0 Å². The third-order valence-electron chi connectivity index (χ3n) is 4.51. The zero-order chi connectivity index (χ0) is 20.2. The first-order valence-electron chi connectivity index (χ1n) is 8.86. The number of benzene rings is 1. The molecule has 0 aromatic heterocycles. The van der Waals surface area contributed by atoms with Gasteiger partial charge in [0.1, 0.15) is 0 Å². The van der Waals surface area contributed by atoms with E-state index in [1.165, 1.54) is 0 Å². The summed E-state index contributed by atoms with van der Waals surface area (Å²) in [7, 11) is -6.64. The second-order valence-electron chi connectivity index (χ2n) is 7.20. The smallest absolute Gasteiger partial charge is 0.229 e. The Kier molecular flexibility index (Phi) is 6.87. The van der Waals surface area contributed by atoms with E-state index in [0.717, 1.165) is 6.26 Å². The average molecular weight is 418 g/mol. The summed E-state index contributed by atoms with van der Waals surface area (Å²) in [6, 6.07) is 6.30. The summed E-state index contributed by atoms with van der Waals surface area (Å²) in [6.45, 7) is 3.27. The Labute approximate surface area is 161 Å². The van der Waals surface area contributed by atoms with E-state index in [1.54, 1.807) is 38.1 Å². The highest BCUT2D eigenvalue weighted by atomic mass is 32.2. The summed E-state index contributed by atoms with van der Waals surface area (Å²) in [5, 5.41) is 2.35. The lowest BCUT2D eigenvalue weighted by molar-refractivity contribution is -0.120. The molecule has 0 spiro atoms. The van der Waals surface area contributed by atoms with E-state index in [-0.39, 0.29) is 17.9 Å². The Morgan fingerprint density at radius 1 is 0.963 bits per heavy atom. The van der Waals surface area contributed by atoms with E-state index in [0.29, 0.717) is 37.1 Å². The summed E-state index contributed by atoms with van der Waals surface area (Å²) in [5.74, 6) is -0.275. The lowest BCUT2D eigenvalue weighted by atomic mass is 9.86. The fraction of sp³-hybridized carbons (Fsp3) is 0.588. The molecule has 0 atom stereocenters. The van der Waals surface area contributed by atoms with Crippen molar-refractivity contribution in [2.75, 3.05) is 16.3 Å². The van der Waals surface area contributed by atoms with Gasteiger partial charge in [0, 0.05) is 23.3 Å². The molecule has 1 fully saturated rings. The van der Waals surface area contributed by atoms with Crippen molar-refractivity contribution in [1.82, 2.24) is 4.72 Å². The van der Waals surface area contributed by atoms with Gasteiger partial charge < -0.3 is 5.32 Å². The van der Waals surface area contributed by atoms with Gasteiger partial charge in [0.25, 0.3) is 0 Å². The normalized spacial score (nSPS) is 21.0. The van der Waals surface area contributed by atoms with Crippen molar-refractivity contribution in [3.63, 3.8) is 0 Å². The van der Waals surface area contributed by atoms with Gasteiger partial charge in [-0.15, -0.1) is 0 Å². The summed E-state index contributed by atoms with van der Waals surface area (Å²) in [6.07, 6.45) is 3.55. The minimum atomic E-state index is -3.34. The zero-order valence-corrected chi connectivity index (χ0v) is 17.4. The van der Waals surface area contributed by atoms with Crippen LogP contribution in [0.5, 0.6) is 0 Å². The molecule has 8 nitrogen and oxygen atoms in total. The molecule has 1 saturated carbocycles. The number of hydrogen-bond donors (Lipinski definition) is 3. The summed E-state index contributed by atoms with van der Waals surface area (Å²) >= 11 is 0. The molecule has 1 aliphatic rings. The predicted octanol–water partition coefficient (Wildman–Crippen LogP) is 1.88. The van der Waals surface area contributed by atoms with Crippen LogP contribution in [0.15, 0.2) is 24.3 Å².